The van der Waals surface area contributed by atoms with Gasteiger partial charge in [-0.1, -0.05) is 20.6 Å². The van der Waals surface area contributed by atoms with Crippen molar-refractivity contribution in [2.45, 2.75) is 0 Å². The molecule has 24 heavy (non-hydrogen) atoms. The number of carbonyl (C=O) groups excluding carboxylic acids is 2. The molecular weight excluding hydrogens is 376 g/mol. The van der Waals surface area contributed by atoms with Crippen molar-refractivity contribution in [2.24, 2.45) is 0 Å². The number of rotatable bonds is 2. The number of anilines is 1. The summed E-state index contributed by atoms with van der Waals surface area (Å²) < 4.78 is 12.2. The highest BCUT2D eigenvalue weighted by Crippen LogP contribution is 2.35. The highest BCUT2D eigenvalue weighted by Gasteiger charge is 2.35. The fraction of sp³-hybridized carbons (Fsp3) is 0.118. The second-order valence-corrected chi connectivity index (χ2v) is 5.91. The molecule has 0 atom stereocenters. The van der Waals surface area contributed by atoms with E-state index in [1.807, 2.05) is 30.3 Å². The van der Waals surface area contributed by atoms with Crippen LogP contribution >= 0.6 is 15.9 Å². The lowest BCUT2D eigenvalue weighted by Gasteiger charge is -2.19. The van der Waals surface area contributed by atoms with Crippen LogP contribution in [0.1, 0.15) is 11.3 Å². The van der Waals surface area contributed by atoms with Gasteiger partial charge in [0.2, 0.25) is 11.9 Å². The Morgan fingerprint density at radius 2 is 1.79 bits per heavy atom. The summed E-state index contributed by atoms with van der Waals surface area (Å²) in [6, 6.07) is 11.0. The molecule has 2 aromatic rings. The number of esters is 2. The minimum absolute atomic E-state index is 0.152. The molecule has 0 amide bonds. The first-order chi connectivity index (χ1) is 11.6. The van der Waals surface area contributed by atoms with E-state index in [-0.39, 0.29) is 5.57 Å². The van der Waals surface area contributed by atoms with Gasteiger partial charge in [-0.05, 0) is 24.3 Å². The summed E-state index contributed by atoms with van der Waals surface area (Å²) in [5, 5.41) is 0. The van der Waals surface area contributed by atoms with Crippen LogP contribution in [0.3, 0.4) is 0 Å². The van der Waals surface area contributed by atoms with Gasteiger partial charge in [-0.3, -0.25) is 0 Å². The predicted molar refractivity (Wildman–Crippen MR) is 89.9 cm³/mol. The van der Waals surface area contributed by atoms with E-state index in [1.165, 1.54) is 14.2 Å². The zero-order chi connectivity index (χ0) is 17.3. The minimum Gasteiger partial charge on any atom is -0.465 e. The van der Waals surface area contributed by atoms with Crippen LogP contribution in [-0.4, -0.2) is 26.2 Å². The maximum atomic E-state index is 12.3. The lowest BCUT2D eigenvalue weighted by atomic mass is 9.93. The summed E-state index contributed by atoms with van der Waals surface area (Å²) in [5.74, 6) is -1.50. The lowest BCUT2D eigenvalue weighted by molar-refractivity contribution is -0.646. The third kappa shape index (κ3) is 2.67. The van der Waals surface area contributed by atoms with Gasteiger partial charge in [0.1, 0.15) is 5.69 Å². The standard InChI is InChI=1S/C17H13BrN2O4/c1-23-16(21)15(17(22)24-2)14-11-9-10(18)6-7-12(11)19-20-8-4-3-5-13(14)20/h3-9H,1-2H3/p+1. The number of aromatic nitrogens is 1. The Morgan fingerprint density at radius 1 is 1.08 bits per heavy atom. The molecule has 122 valence electrons. The number of fused-ring (bicyclic) bond motifs is 2. The average molecular weight is 390 g/mol. The molecule has 1 aromatic heterocycles. The first-order valence-electron chi connectivity index (χ1n) is 7.05. The fourth-order valence-electron chi connectivity index (χ4n) is 2.59. The monoisotopic (exact) mass is 389 g/mol. The highest BCUT2D eigenvalue weighted by molar-refractivity contribution is 9.10. The Hall–Kier alpha value is -2.67. The predicted octanol–water partition coefficient (Wildman–Crippen LogP) is 2.07. The summed E-state index contributed by atoms with van der Waals surface area (Å²) in [4.78, 5) is 24.6. The summed E-state index contributed by atoms with van der Waals surface area (Å²) >= 11 is 3.43. The van der Waals surface area contributed by atoms with Crippen LogP contribution in [0.25, 0.3) is 5.57 Å². The van der Waals surface area contributed by atoms with E-state index < -0.39 is 11.9 Å². The molecule has 1 aliphatic rings. The van der Waals surface area contributed by atoms with Crippen molar-refractivity contribution >= 4 is 39.1 Å². The fourth-order valence-corrected chi connectivity index (χ4v) is 2.95. The summed E-state index contributed by atoms with van der Waals surface area (Å²) in [6.45, 7) is 0. The van der Waals surface area contributed by atoms with Gasteiger partial charge in [-0.25, -0.2) is 9.59 Å². The van der Waals surface area contributed by atoms with Crippen LogP contribution in [0.15, 0.2) is 52.6 Å². The van der Waals surface area contributed by atoms with E-state index >= 15 is 0 Å². The zero-order valence-electron chi connectivity index (χ0n) is 13.0. The Kier molecular flexibility index (Phi) is 4.35. The highest BCUT2D eigenvalue weighted by atomic mass is 79.9. The Bertz CT molecular complexity index is 859. The number of nitrogens with zero attached hydrogens (tertiary/aromatic N) is 1. The molecule has 0 aliphatic carbocycles. The maximum absolute atomic E-state index is 12.3. The first-order valence-corrected chi connectivity index (χ1v) is 7.85. The van der Waals surface area contributed by atoms with Gasteiger partial charge in [-0.2, -0.15) is 5.43 Å². The van der Waals surface area contributed by atoms with Gasteiger partial charge in [0.05, 0.1) is 19.8 Å². The van der Waals surface area contributed by atoms with Gasteiger partial charge in [0.15, 0.2) is 5.57 Å². The van der Waals surface area contributed by atoms with Crippen LogP contribution in [0.5, 0.6) is 0 Å². The number of hydrogen-bond acceptors (Lipinski definition) is 5. The molecule has 7 heteroatoms. The van der Waals surface area contributed by atoms with Crippen molar-refractivity contribution in [3.05, 3.63) is 63.9 Å². The second-order valence-electron chi connectivity index (χ2n) is 4.99. The molecule has 0 unspecified atom stereocenters. The zero-order valence-corrected chi connectivity index (χ0v) is 14.6. The van der Waals surface area contributed by atoms with Crippen molar-refractivity contribution in [3.63, 3.8) is 0 Å². The molecule has 1 aliphatic heterocycles. The van der Waals surface area contributed by atoms with Crippen LogP contribution in [0, 0.1) is 0 Å². The lowest BCUT2D eigenvalue weighted by Crippen LogP contribution is -2.48. The van der Waals surface area contributed by atoms with E-state index in [1.54, 1.807) is 16.9 Å². The van der Waals surface area contributed by atoms with E-state index in [9.17, 15) is 9.59 Å². The second kappa shape index (κ2) is 6.45. The molecule has 1 N–H and O–H groups in total. The number of carbonyl (C=O) groups is 2. The van der Waals surface area contributed by atoms with Crippen molar-refractivity contribution in [3.8, 4) is 0 Å². The number of ether oxygens (including phenoxy) is 2. The normalized spacial score (nSPS) is 11.7. The summed E-state index contributed by atoms with van der Waals surface area (Å²) in [7, 11) is 2.46. The number of methoxy groups -OCH3 is 2. The van der Waals surface area contributed by atoms with Gasteiger partial charge in [0, 0.05) is 22.2 Å². The van der Waals surface area contributed by atoms with Crippen molar-refractivity contribution in [1.29, 1.82) is 0 Å². The van der Waals surface area contributed by atoms with Gasteiger partial charge in [-0.15, -0.1) is 0 Å². The smallest absolute Gasteiger partial charge is 0.346 e. The molecular formula is C17H14BrN2O4+. The summed E-state index contributed by atoms with van der Waals surface area (Å²) in [6.07, 6.45) is 1.80. The Labute approximate surface area is 146 Å². The molecule has 6 nitrogen and oxygen atoms in total. The van der Waals surface area contributed by atoms with Gasteiger partial charge < -0.3 is 9.47 Å². The van der Waals surface area contributed by atoms with Gasteiger partial charge >= 0.3 is 11.9 Å². The van der Waals surface area contributed by atoms with E-state index in [2.05, 4.69) is 21.4 Å². The van der Waals surface area contributed by atoms with Crippen LogP contribution in [-0.2, 0) is 19.1 Å². The molecule has 2 heterocycles. The third-order valence-corrected chi connectivity index (χ3v) is 4.13. The van der Waals surface area contributed by atoms with Gasteiger partial charge in [0.25, 0.3) is 0 Å². The van der Waals surface area contributed by atoms with Crippen molar-refractivity contribution in [2.75, 3.05) is 19.6 Å². The number of pyridine rings is 1. The molecule has 0 radical (unpaired) electrons. The van der Waals surface area contributed by atoms with Crippen molar-refractivity contribution in [1.82, 2.24) is 0 Å². The Morgan fingerprint density at radius 3 is 2.46 bits per heavy atom. The molecule has 0 bridgehead atoms. The average Bonchev–Trinajstić information content (AvgIpc) is 2.61. The van der Waals surface area contributed by atoms with E-state index in [0.717, 1.165) is 10.2 Å². The molecule has 0 saturated carbocycles. The largest absolute Gasteiger partial charge is 0.465 e. The molecule has 3 rings (SSSR count). The minimum atomic E-state index is -0.750. The molecule has 0 fully saturated rings. The molecule has 0 spiro atoms. The van der Waals surface area contributed by atoms with E-state index in [4.69, 9.17) is 9.47 Å². The quantitative estimate of drug-likeness (QED) is 0.239. The number of nitrogens with one attached hydrogen (secondary N) is 1. The third-order valence-electron chi connectivity index (χ3n) is 3.64. The number of hydrogen-bond donors (Lipinski definition) is 1. The number of halogens is 1. The van der Waals surface area contributed by atoms with E-state index in [0.29, 0.717) is 16.8 Å². The van der Waals surface area contributed by atoms with Crippen LogP contribution in [0.4, 0.5) is 5.69 Å². The molecule has 1 aromatic carbocycles. The topological polar surface area (TPSA) is 68.5 Å². The Balaban J connectivity index is 2.40. The summed E-state index contributed by atoms with van der Waals surface area (Å²) in [5.41, 5.74) is 5.62. The van der Waals surface area contributed by atoms with Crippen molar-refractivity contribution < 1.29 is 23.7 Å². The van der Waals surface area contributed by atoms with Crippen LogP contribution in [0.2, 0.25) is 0 Å². The SMILES string of the molecule is COC(=O)C(C(=O)OC)=C1c2cc(Br)ccc2N[n+]2ccccc21. The van der Waals surface area contributed by atoms with Crippen LogP contribution < -0.4 is 10.1 Å². The number of benzene rings is 1. The first kappa shape index (κ1) is 16.2. The maximum Gasteiger partial charge on any atom is 0.346 e. The molecule has 0 saturated heterocycles.